The van der Waals surface area contributed by atoms with E-state index < -0.39 is 0 Å². The predicted molar refractivity (Wildman–Crippen MR) is 79.1 cm³/mol. The fourth-order valence-corrected chi connectivity index (χ4v) is 3.60. The number of rotatable bonds is 1. The number of pyridine rings is 1. The van der Waals surface area contributed by atoms with Crippen molar-refractivity contribution in [2.45, 2.75) is 38.3 Å². The molecule has 0 aromatic carbocycles. The summed E-state index contributed by atoms with van der Waals surface area (Å²) in [6.07, 6.45) is 4.92. The first-order valence-electron chi connectivity index (χ1n) is 7.58. The molecule has 0 radical (unpaired) electrons. The average molecular weight is 285 g/mol. The van der Waals surface area contributed by atoms with Crippen molar-refractivity contribution in [1.29, 1.82) is 0 Å². The first-order valence-corrected chi connectivity index (χ1v) is 7.58. The number of nitrogens with one attached hydrogen (secondary N) is 2. The highest BCUT2D eigenvalue weighted by atomic mass is 16.2. The summed E-state index contributed by atoms with van der Waals surface area (Å²) in [7, 11) is 0. The highest BCUT2D eigenvalue weighted by molar-refractivity contribution is 5.97. The van der Waals surface area contributed by atoms with Gasteiger partial charge < -0.3 is 10.2 Å². The van der Waals surface area contributed by atoms with Crippen LogP contribution < -0.4 is 5.32 Å². The minimum absolute atomic E-state index is 0.112. The largest absolute Gasteiger partial charge is 0.331 e. The molecule has 2 fully saturated rings. The van der Waals surface area contributed by atoms with Crippen molar-refractivity contribution >= 4 is 16.9 Å². The second kappa shape index (κ2) is 4.80. The summed E-state index contributed by atoms with van der Waals surface area (Å²) >= 11 is 0. The Bertz CT molecular complexity index is 680. The summed E-state index contributed by atoms with van der Waals surface area (Å²) in [6, 6.07) is 2.62. The average Bonchev–Trinajstić information content (AvgIpc) is 2.97. The molecular weight excluding hydrogens is 266 g/mol. The SMILES string of the molecule is Cc1[nH]nc2ncc(C(=O)N3C4CCNCC3CC4)cc12. The van der Waals surface area contributed by atoms with Crippen LogP contribution in [-0.4, -0.2) is 51.2 Å². The lowest BCUT2D eigenvalue weighted by molar-refractivity contribution is 0.0680. The lowest BCUT2D eigenvalue weighted by Gasteiger charge is -2.27. The van der Waals surface area contributed by atoms with E-state index in [9.17, 15) is 4.79 Å². The summed E-state index contributed by atoms with van der Waals surface area (Å²) in [5.74, 6) is 0.112. The van der Waals surface area contributed by atoms with Gasteiger partial charge in [0.15, 0.2) is 5.65 Å². The predicted octanol–water partition coefficient (Wildman–Crippen LogP) is 1.23. The number of fused-ring (bicyclic) bond motifs is 3. The van der Waals surface area contributed by atoms with Crippen molar-refractivity contribution in [1.82, 2.24) is 25.4 Å². The molecule has 0 spiro atoms. The minimum Gasteiger partial charge on any atom is -0.331 e. The van der Waals surface area contributed by atoms with Crippen LogP contribution in [0.15, 0.2) is 12.3 Å². The Morgan fingerprint density at radius 1 is 1.33 bits per heavy atom. The standard InChI is InChI=1S/C15H19N5O/c1-9-13-6-10(7-17-14(13)19-18-9)15(21)20-11-2-3-12(20)8-16-5-4-11/h6-7,11-12,16H,2-5,8H2,1H3,(H,17,18,19). The molecule has 6 heteroatoms. The van der Waals surface area contributed by atoms with Gasteiger partial charge in [0, 0.05) is 35.9 Å². The molecule has 21 heavy (non-hydrogen) atoms. The van der Waals surface area contributed by atoms with Gasteiger partial charge in [-0.25, -0.2) is 4.98 Å². The first-order chi connectivity index (χ1) is 10.2. The number of carbonyl (C=O) groups excluding carboxylic acids is 1. The summed E-state index contributed by atoms with van der Waals surface area (Å²) in [5, 5.41) is 11.4. The van der Waals surface area contributed by atoms with Crippen LogP contribution in [0.1, 0.15) is 35.3 Å². The summed E-state index contributed by atoms with van der Waals surface area (Å²) in [4.78, 5) is 19.3. The third-order valence-electron chi connectivity index (χ3n) is 4.74. The van der Waals surface area contributed by atoms with Gasteiger partial charge in [-0.05, 0) is 38.8 Å². The summed E-state index contributed by atoms with van der Waals surface area (Å²) in [6.45, 7) is 3.86. The molecule has 2 aliphatic rings. The Morgan fingerprint density at radius 3 is 3.10 bits per heavy atom. The zero-order valence-electron chi connectivity index (χ0n) is 12.1. The van der Waals surface area contributed by atoms with E-state index >= 15 is 0 Å². The monoisotopic (exact) mass is 285 g/mol. The van der Waals surface area contributed by atoms with E-state index in [0.717, 1.165) is 43.4 Å². The van der Waals surface area contributed by atoms with Crippen LogP contribution in [0.25, 0.3) is 11.0 Å². The van der Waals surface area contributed by atoms with Gasteiger partial charge in [-0.3, -0.25) is 9.89 Å². The van der Waals surface area contributed by atoms with Gasteiger partial charge in [0.05, 0.1) is 5.56 Å². The number of amides is 1. The second-order valence-corrected chi connectivity index (χ2v) is 6.03. The molecule has 2 atom stereocenters. The smallest absolute Gasteiger partial charge is 0.255 e. The highest BCUT2D eigenvalue weighted by Gasteiger charge is 2.38. The van der Waals surface area contributed by atoms with Gasteiger partial charge in [0.25, 0.3) is 5.91 Å². The number of hydrogen-bond donors (Lipinski definition) is 2. The van der Waals surface area contributed by atoms with Crippen LogP contribution in [-0.2, 0) is 0 Å². The Morgan fingerprint density at radius 2 is 2.19 bits per heavy atom. The molecular formula is C15H19N5O. The molecule has 2 aromatic rings. The number of hydrogen-bond acceptors (Lipinski definition) is 4. The Kier molecular flexibility index (Phi) is 2.92. The zero-order chi connectivity index (χ0) is 14.4. The van der Waals surface area contributed by atoms with E-state index in [1.165, 1.54) is 0 Å². The molecule has 2 aromatic heterocycles. The number of aryl methyl sites for hydroxylation is 1. The van der Waals surface area contributed by atoms with Crippen molar-refractivity contribution in [3.05, 3.63) is 23.5 Å². The van der Waals surface area contributed by atoms with Crippen molar-refractivity contribution in [2.24, 2.45) is 0 Å². The fourth-order valence-electron chi connectivity index (χ4n) is 3.60. The molecule has 2 aliphatic heterocycles. The number of H-pyrrole nitrogens is 1. The molecule has 0 saturated carbocycles. The van der Waals surface area contributed by atoms with Crippen LogP contribution >= 0.6 is 0 Å². The van der Waals surface area contributed by atoms with E-state index in [1.54, 1.807) is 6.20 Å². The molecule has 6 nitrogen and oxygen atoms in total. The third-order valence-corrected chi connectivity index (χ3v) is 4.74. The van der Waals surface area contributed by atoms with Gasteiger partial charge in [-0.15, -0.1) is 0 Å². The summed E-state index contributed by atoms with van der Waals surface area (Å²) in [5.41, 5.74) is 2.29. The normalized spacial score (nSPS) is 25.3. The molecule has 110 valence electrons. The van der Waals surface area contributed by atoms with Crippen LogP contribution in [0.4, 0.5) is 0 Å². The zero-order valence-corrected chi connectivity index (χ0v) is 12.1. The van der Waals surface area contributed by atoms with Crippen molar-refractivity contribution in [2.75, 3.05) is 13.1 Å². The molecule has 2 N–H and O–H groups in total. The van der Waals surface area contributed by atoms with Crippen molar-refractivity contribution in [3.8, 4) is 0 Å². The number of aromatic nitrogens is 3. The Hall–Kier alpha value is -1.95. The van der Waals surface area contributed by atoms with E-state index in [1.807, 2.05) is 13.0 Å². The van der Waals surface area contributed by atoms with Crippen molar-refractivity contribution < 1.29 is 4.79 Å². The quantitative estimate of drug-likeness (QED) is 0.826. The van der Waals surface area contributed by atoms with Gasteiger partial charge in [0.1, 0.15) is 0 Å². The lowest BCUT2D eigenvalue weighted by atomic mass is 10.1. The molecule has 2 unspecified atom stereocenters. The molecule has 2 bridgehead atoms. The van der Waals surface area contributed by atoms with E-state index in [0.29, 0.717) is 23.3 Å². The van der Waals surface area contributed by atoms with Crippen LogP contribution in [0.5, 0.6) is 0 Å². The summed E-state index contributed by atoms with van der Waals surface area (Å²) < 4.78 is 0. The topological polar surface area (TPSA) is 73.9 Å². The first kappa shape index (κ1) is 12.8. The fraction of sp³-hybridized carbons (Fsp3) is 0.533. The van der Waals surface area contributed by atoms with Crippen LogP contribution in [0.3, 0.4) is 0 Å². The molecule has 0 aliphatic carbocycles. The molecule has 4 heterocycles. The van der Waals surface area contributed by atoms with Gasteiger partial charge >= 0.3 is 0 Å². The lowest BCUT2D eigenvalue weighted by Crippen LogP contribution is -2.42. The maximum Gasteiger partial charge on any atom is 0.255 e. The maximum atomic E-state index is 12.9. The number of aromatic amines is 1. The Balaban J connectivity index is 1.70. The van der Waals surface area contributed by atoms with Crippen LogP contribution in [0.2, 0.25) is 0 Å². The molecule has 4 rings (SSSR count). The minimum atomic E-state index is 0.112. The van der Waals surface area contributed by atoms with E-state index in [2.05, 4.69) is 25.4 Å². The van der Waals surface area contributed by atoms with Gasteiger partial charge in [-0.2, -0.15) is 5.10 Å². The molecule has 2 saturated heterocycles. The highest BCUT2D eigenvalue weighted by Crippen LogP contribution is 2.30. The van der Waals surface area contributed by atoms with E-state index in [4.69, 9.17) is 0 Å². The van der Waals surface area contributed by atoms with Crippen LogP contribution in [0, 0.1) is 6.92 Å². The maximum absolute atomic E-state index is 12.9. The number of carbonyl (C=O) groups is 1. The second-order valence-electron chi connectivity index (χ2n) is 6.03. The van der Waals surface area contributed by atoms with Gasteiger partial charge in [0.2, 0.25) is 0 Å². The third kappa shape index (κ3) is 2.01. The van der Waals surface area contributed by atoms with Gasteiger partial charge in [-0.1, -0.05) is 0 Å². The van der Waals surface area contributed by atoms with Crippen molar-refractivity contribution in [3.63, 3.8) is 0 Å². The number of nitrogens with zero attached hydrogens (tertiary/aromatic N) is 3. The Labute approximate surface area is 122 Å². The van der Waals surface area contributed by atoms with E-state index in [-0.39, 0.29) is 5.91 Å². The molecule has 1 amide bonds.